The van der Waals surface area contributed by atoms with Crippen LogP contribution in [-0.4, -0.2) is 4.98 Å². The number of aromatic nitrogens is 1. The smallest absolute Gasteiger partial charge is 0.0351 e. The molecule has 0 spiro atoms. The van der Waals surface area contributed by atoms with Crippen LogP contribution in [0.2, 0.25) is 0 Å². The van der Waals surface area contributed by atoms with Gasteiger partial charge in [0.25, 0.3) is 0 Å². The highest BCUT2D eigenvalue weighted by Crippen LogP contribution is 2.16. The van der Waals surface area contributed by atoms with Crippen LogP contribution in [0, 0.1) is 0 Å². The van der Waals surface area contributed by atoms with E-state index in [4.69, 9.17) is 0 Å². The van der Waals surface area contributed by atoms with Gasteiger partial charge >= 0.3 is 0 Å². The Labute approximate surface area is 71.0 Å². The van der Waals surface area contributed by atoms with Crippen LogP contribution in [0.1, 0.15) is 5.56 Å². The molecule has 0 N–H and O–H groups in total. The van der Waals surface area contributed by atoms with Crippen molar-refractivity contribution in [1.29, 1.82) is 0 Å². The van der Waals surface area contributed by atoms with Crippen molar-refractivity contribution in [3.8, 4) is 0 Å². The summed E-state index contributed by atoms with van der Waals surface area (Å²) in [5, 5.41) is 1.64. The molecule has 0 saturated carbocycles. The molecule has 0 bridgehead atoms. The van der Waals surface area contributed by atoms with Gasteiger partial charge in [-0.05, 0) is 11.5 Å². The zero-order chi connectivity index (χ0) is 7.40. The van der Waals surface area contributed by atoms with Crippen molar-refractivity contribution >= 4 is 30.2 Å². The summed E-state index contributed by atoms with van der Waals surface area (Å²) in [4.78, 5) is 4.76. The fourth-order valence-electron chi connectivity index (χ4n) is 0.589. The third kappa shape index (κ3) is 1.78. The van der Waals surface area contributed by atoms with E-state index in [0.29, 0.717) is 0 Å². The molecule has 0 aliphatic heterocycles. The molecule has 0 aliphatic carbocycles. The fraction of sp³-hybridized carbons (Fsp3) is 0. The zero-order valence-electron chi connectivity index (χ0n) is 5.23. The molecule has 1 heterocycles. The molecule has 1 aromatic rings. The van der Waals surface area contributed by atoms with Crippen LogP contribution in [0.3, 0.4) is 0 Å². The van der Waals surface area contributed by atoms with E-state index in [1.807, 2.05) is 12.1 Å². The van der Waals surface area contributed by atoms with Crippen LogP contribution < -0.4 is 0 Å². The Morgan fingerprint density at radius 2 is 2.40 bits per heavy atom. The van der Waals surface area contributed by atoms with Crippen molar-refractivity contribution < 1.29 is 0 Å². The number of hydrogen-bond acceptors (Lipinski definition) is 3. The maximum absolute atomic E-state index is 4.16. The average Bonchev–Trinajstić information content (AvgIpc) is 2.05. The predicted octanol–water partition coefficient (Wildman–Crippen LogP) is 2.24. The summed E-state index contributed by atoms with van der Waals surface area (Å²) >= 11 is 8.12. The summed E-state index contributed by atoms with van der Waals surface area (Å²) < 4.78 is 0. The molecule has 1 rings (SSSR count). The average molecular weight is 169 g/mol. The van der Waals surface area contributed by atoms with E-state index in [-0.39, 0.29) is 0 Å². The normalized spacial score (nSPS) is 11.6. The second-order valence-electron chi connectivity index (χ2n) is 1.76. The number of rotatable bonds is 1. The Morgan fingerprint density at radius 3 is 2.90 bits per heavy atom. The SMILES string of the molecule is S/C=C(\S)c1cccnc1. The standard InChI is InChI=1S/C7H7NS2/c9-5-7(10)6-2-1-3-8-4-6/h1-5,9-10H/b7-5-. The van der Waals surface area contributed by atoms with Crippen LogP contribution in [0.15, 0.2) is 29.9 Å². The maximum atomic E-state index is 4.16. The van der Waals surface area contributed by atoms with Gasteiger partial charge in [-0.3, -0.25) is 4.98 Å². The first-order chi connectivity index (χ1) is 4.84. The van der Waals surface area contributed by atoms with Gasteiger partial charge in [-0.15, -0.1) is 12.6 Å². The molecule has 52 valence electrons. The van der Waals surface area contributed by atoms with Gasteiger partial charge in [0.05, 0.1) is 0 Å². The van der Waals surface area contributed by atoms with Gasteiger partial charge in [0, 0.05) is 22.9 Å². The molecule has 0 amide bonds. The molecule has 0 unspecified atom stereocenters. The number of thiol groups is 2. The lowest BCUT2D eigenvalue weighted by atomic mass is 10.3. The van der Waals surface area contributed by atoms with Crippen molar-refractivity contribution in [3.63, 3.8) is 0 Å². The number of pyridine rings is 1. The van der Waals surface area contributed by atoms with Gasteiger partial charge in [-0.2, -0.15) is 12.6 Å². The van der Waals surface area contributed by atoms with Gasteiger partial charge in [0.1, 0.15) is 0 Å². The van der Waals surface area contributed by atoms with Crippen LogP contribution >= 0.6 is 25.3 Å². The zero-order valence-corrected chi connectivity index (χ0v) is 7.02. The molecular formula is C7H7NS2. The summed E-state index contributed by atoms with van der Waals surface area (Å²) in [5.41, 5.74) is 0.987. The molecule has 1 nitrogen and oxygen atoms in total. The van der Waals surface area contributed by atoms with E-state index < -0.39 is 0 Å². The van der Waals surface area contributed by atoms with Crippen molar-refractivity contribution in [3.05, 3.63) is 35.5 Å². The Kier molecular flexibility index (Phi) is 2.83. The Hall–Kier alpha value is -0.410. The van der Waals surface area contributed by atoms with E-state index in [0.717, 1.165) is 10.5 Å². The maximum Gasteiger partial charge on any atom is 0.0351 e. The van der Waals surface area contributed by atoms with Crippen molar-refractivity contribution in [2.45, 2.75) is 0 Å². The largest absolute Gasteiger partial charge is 0.264 e. The second-order valence-corrected chi connectivity index (χ2v) is 2.50. The minimum absolute atomic E-state index is 0.830. The van der Waals surface area contributed by atoms with E-state index in [2.05, 4.69) is 30.2 Å². The minimum Gasteiger partial charge on any atom is -0.264 e. The van der Waals surface area contributed by atoms with Gasteiger partial charge in [-0.1, -0.05) is 6.07 Å². The second kappa shape index (κ2) is 3.68. The molecule has 0 aromatic carbocycles. The highest BCUT2D eigenvalue weighted by molar-refractivity contribution is 7.92. The van der Waals surface area contributed by atoms with Gasteiger partial charge in [-0.25, -0.2) is 0 Å². The first-order valence-electron chi connectivity index (χ1n) is 2.78. The summed E-state index contributed by atoms with van der Waals surface area (Å²) in [5.74, 6) is 0. The molecule has 0 atom stereocenters. The van der Waals surface area contributed by atoms with Crippen LogP contribution in [0.4, 0.5) is 0 Å². The molecule has 3 heteroatoms. The highest BCUT2D eigenvalue weighted by Gasteiger charge is 1.91. The first kappa shape index (κ1) is 7.69. The van der Waals surface area contributed by atoms with Crippen molar-refractivity contribution in [1.82, 2.24) is 4.98 Å². The van der Waals surface area contributed by atoms with Gasteiger partial charge < -0.3 is 0 Å². The van der Waals surface area contributed by atoms with Crippen LogP contribution in [0.5, 0.6) is 0 Å². The molecule has 0 saturated heterocycles. The quantitative estimate of drug-likeness (QED) is 0.615. The molecule has 0 aliphatic rings. The predicted molar refractivity (Wildman–Crippen MR) is 50.2 cm³/mol. The van der Waals surface area contributed by atoms with Crippen molar-refractivity contribution in [2.24, 2.45) is 0 Å². The minimum atomic E-state index is 0.830. The van der Waals surface area contributed by atoms with Crippen LogP contribution in [-0.2, 0) is 0 Å². The lowest BCUT2D eigenvalue weighted by molar-refractivity contribution is 1.32. The van der Waals surface area contributed by atoms with Gasteiger partial charge in [0.15, 0.2) is 0 Å². The monoisotopic (exact) mass is 169 g/mol. The summed E-state index contributed by atoms with van der Waals surface area (Å²) in [6.45, 7) is 0. The Balaban J connectivity index is 2.96. The topological polar surface area (TPSA) is 12.9 Å². The number of hydrogen-bond donors (Lipinski definition) is 2. The number of nitrogens with zero attached hydrogens (tertiary/aromatic N) is 1. The van der Waals surface area contributed by atoms with E-state index in [1.165, 1.54) is 0 Å². The molecule has 1 aromatic heterocycles. The molecule has 0 radical (unpaired) electrons. The van der Waals surface area contributed by atoms with E-state index in [9.17, 15) is 0 Å². The first-order valence-corrected chi connectivity index (χ1v) is 3.74. The third-order valence-electron chi connectivity index (χ3n) is 1.08. The molecule has 0 fully saturated rings. The lowest BCUT2D eigenvalue weighted by Gasteiger charge is -1.94. The highest BCUT2D eigenvalue weighted by atomic mass is 32.1. The molecule has 10 heavy (non-hydrogen) atoms. The van der Waals surface area contributed by atoms with Gasteiger partial charge in [0.2, 0.25) is 0 Å². The molecular weight excluding hydrogens is 162 g/mol. The summed E-state index contributed by atoms with van der Waals surface area (Å²) in [6, 6.07) is 3.80. The van der Waals surface area contributed by atoms with Crippen molar-refractivity contribution in [2.75, 3.05) is 0 Å². The van der Waals surface area contributed by atoms with E-state index >= 15 is 0 Å². The van der Waals surface area contributed by atoms with E-state index in [1.54, 1.807) is 17.8 Å². The lowest BCUT2D eigenvalue weighted by Crippen LogP contribution is -1.76. The van der Waals surface area contributed by atoms with Crippen LogP contribution in [0.25, 0.3) is 4.91 Å². The third-order valence-corrected chi connectivity index (χ3v) is 1.93. The fourth-order valence-corrected chi connectivity index (χ4v) is 0.870. The Morgan fingerprint density at radius 1 is 1.60 bits per heavy atom. The summed E-state index contributed by atoms with van der Waals surface area (Å²) in [7, 11) is 0. The summed E-state index contributed by atoms with van der Waals surface area (Å²) in [6.07, 6.45) is 3.47. The Bertz CT molecular complexity index is 231.